The molecule has 0 fully saturated rings. The quantitative estimate of drug-likeness (QED) is 0.376. The molecule has 5 N–H and O–H groups in total. The van der Waals surface area contributed by atoms with Crippen LogP contribution < -0.4 is 16.4 Å². The zero-order valence-corrected chi connectivity index (χ0v) is 18.1. The second kappa shape index (κ2) is 11.6. The van der Waals surface area contributed by atoms with Crippen LogP contribution in [0.3, 0.4) is 0 Å². The largest absolute Gasteiger partial charge is 0.445 e. The molecule has 0 bridgehead atoms. The van der Waals surface area contributed by atoms with Gasteiger partial charge in [0.2, 0.25) is 11.8 Å². The minimum atomic E-state index is -1.15. The molecule has 0 unspecified atom stereocenters. The highest BCUT2D eigenvalue weighted by Crippen LogP contribution is 2.16. The summed E-state index contributed by atoms with van der Waals surface area (Å²) < 4.78 is 5.05. The molecule has 0 heterocycles. The molecule has 3 rings (SSSR count). The topological polar surface area (TPSA) is 131 Å². The third kappa shape index (κ3) is 7.62. The van der Waals surface area contributed by atoms with Gasteiger partial charge in [-0.2, -0.15) is 0 Å². The van der Waals surface area contributed by atoms with E-state index >= 15 is 0 Å². The van der Waals surface area contributed by atoms with E-state index < -0.39 is 30.1 Å². The lowest BCUT2D eigenvalue weighted by Gasteiger charge is -2.18. The smallest absolute Gasteiger partial charge is 0.407 e. The SMILES string of the molecule is NC(=O)[C@@H](Cc1ccc2ccccc2c1)NC(=O)C[C@H](O)CNC(=O)OCc1ccccc1. The summed E-state index contributed by atoms with van der Waals surface area (Å²) >= 11 is 0. The van der Waals surface area contributed by atoms with Gasteiger partial charge in [-0.3, -0.25) is 9.59 Å². The van der Waals surface area contributed by atoms with Crippen LogP contribution in [0.5, 0.6) is 0 Å². The van der Waals surface area contributed by atoms with Crippen LogP contribution in [0.2, 0.25) is 0 Å². The lowest BCUT2D eigenvalue weighted by atomic mass is 10.0. The molecule has 0 spiro atoms. The minimum absolute atomic E-state index is 0.0956. The summed E-state index contributed by atoms with van der Waals surface area (Å²) in [6.07, 6.45) is -1.93. The van der Waals surface area contributed by atoms with Gasteiger partial charge >= 0.3 is 6.09 Å². The van der Waals surface area contributed by atoms with Crippen LogP contribution in [0.4, 0.5) is 4.79 Å². The zero-order chi connectivity index (χ0) is 23.6. The lowest BCUT2D eigenvalue weighted by molar-refractivity contribution is -0.128. The van der Waals surface area contributed by atoms with Gasteiger partial charge in [-0.25, -0.2) is 4.79 Å². The first kappa shape index (κ1) is 23.7. The van der Waals surface area contributed by atoms with Crippen LogP contribution in [0, 0.1) is 0 Å². The molecule has 8 heteroatoms. The van der Waals surface area contributed by atoms with Crippen LogP contribution in [-0.4, -0.2) is 41.7 Å². The summed E-state index contributed by atoms with van der Waals surface area (Å²) in [7, 11) is 0. The number of rotatable bonds is 10. The minimum Gasteiger partial charge on any atom is -0.445 e. The van der Waals surface area contributed by atoms with Gasteiger partial charge in [-0.1, -0.05) is 72.8 Å². The number of carbonyl (C=O) groups excluding carboxylic acids is 3. The van der Waals surface area contributed by atoms with Gasteiger partial charge in [0.1, 0.15) is 12.6 Å². The summed E-state index contributed by atoms with van der Waals surface area (Å²) in [4.78, 5) is 35.9. The Labute approximate surface area is 191 Å². The lowest BCUT2D eigenvalue weighted by Crippen LogP contribution is -2.47. The molecule has 3 amide bonds. The maximum absolute atomic E-state index is 12.3. The van der Waals surface area contributed by atoms with E-state index in [1.165, 1.54) is 0 Å². The third-order valence-corrected chi connectivity index (χ3v) is 5.05. The third-order valence-electron chi connectivity index (χ3n) is 5.05. The van der Waals surface area contributed by atoms with Gasteiger partial charge in [0.25, 0.3) is 0 Å². The number of hydrogen-bond acceptors (Lipinski definition) is 5. The van der Waals surface area contributed by atoms with Gasteiger partial charge in [-0.15, -0.1) is 0 Å². The van der Waals surface area contributed by atoms with Crippen molar-refractivity contribution >= 4 is 28.7 Å². The van der Waals surface area contributed by atoms with Crippen molar-refractivity contribution in [2.45, 2.75) is 31.6 Å². The van der Waals surface area contributed by atoms with Crippen LogP contribution in [-0.2, 0) is 27.4 Å². The number of aliphatic hydroxyl groups is 1. The van der Waals surface area contributed by atoms with E-state index in [0.29, 0.717) is 0 Å². The summed E-state index contributed by atoms with van der Waals surface area (Å²) in [5.74, 6) is -1.22. The fraction of sp³-hybridized carbons (Fsp3) is 0.240. The van der Waals surface area contributed by atoms with Crippen molar-refractivity contribution < 1.29 is 24.2 Å². The molecule has 0 saturated carbocycles. The Morgan fingerprint density at radius 3 is 2.33 bits per heavy atom. The summed E-state index contributed by atoms with van der Waals surface area (Å²) in [5, 5.41) is 17.1. The number of nitrogens with two attached hydrogens (primary N) is 1. The number of alkyl carbamates (subject to hydrolysis) is 1. The normalized spacial score (nSPS) is 12.5. The molecule has 3 aromatic carbocycles. The molecule has 3 aromatic rings. The summed E-state index contributed by atoms with van der Waals surface area (Å²) in [6.45, 7) is -0.0781. The average molecular weight is 450 g/mol. The Kier molecular flexibility index (Phi) is 8.37. The number of benzene rings is 3. The maximum atomic E-state index is 12.3. The maximum Gasteiger partial charge on any atom is 0.407 e. The Bertz CT molecular complexity index is 1100. The van der Waals surface area contributed by atoms with Gasteiger partial charge in [-0.05, 0) is 21.9 Å². The van der Waals surface area contributed by atoms with Gasteiger partial charge in [0.05, 0.1) is 12.5 Å². The molecule has 0 aromatic heterocycles. The Balaban J connectivity index is 1.44. The number of fused-ring (bicyclic) bond motifs is 1. The van der Waals surface area contributed by atoms with Crippen molar-refractivity contribution in [3.8, 4) is 0 Å². The van der Waals surface area contributed by atoms with Gasteiger partial charge in [0, 0.05) is 13.0 Å². The predicted molar refractivity (Wildman–Crippen MR) is 124 cm³/mol. The second-order valence-electron chi connectivity index (χ2n) is 7.71. The first-order valence-electron chi connectivity index (χ1n) is 10.6. The predicted octanol–water partition coefficient (Wildman–Crippen LogP) is 2.03. The fourth-order valence-corrected chi connectivity index (χ4v) is 3.34. The van der Waals surface area contributed by atoms with Crippen molar-refractivity contribution in [3.63, 3.8) is 0 Å². The van der Waals surface area contributed by atoms with Crippen molar-refractivity contribution in [2.24, 2.45) is 5.73 Å². The molecule has 2 atom stereocenters. The zero-order valence-electron chi connectivity index (χ0n) is 18.1. The molecular formula is C25H27N3O5. The van der Waals surface area contributed by atoms with Crippen molar-refractivity contribution in [3.05, 3.63) is 83.9 Å². The second-order valence-corrected chi connectivity index (χ2v) is 7.71. The molecule has 8 nitrogen and oxygen atoms in total. The number of hydrogen-bond donors (Lipinski definition) is 4. The molecule has 0 saturated heterocycles. The van der Waals surface area contributed by atoms with E-state index in [4.69, 9.17) is 10.5 Å². The average Bonchev–Trinajstić information content (AvgIpc) is 2.81. The van der Waals surface area contributed by atoms with Crippen molar-refractivity contribution in [1.29, 1.82) is 0 Å². The monoisotopic (exact) mass is 449 g/mol. The van der Waals surface area contributed by atoms with E-state index in [2.05, 4.69) is 10.6 Å². The van der Waals surface area contributed by atoms with Crippen molar-refractivity contribution in [2.75, 3.05) is 6.54 Å². The van der Waals surface area contributed by atoms with Crippen LogP contribution in [0.1, 0.15) is 17.5 Å². The molecular weight excluding hydrogens is 422 g/mol. The van der Waals surface area contributed by atoms with Gasteiger partial charge < -0.3 is 26.2 Å². The van der Waals surface area contributed by atoms with Crippen LogP contribution in [0.15, 0.2) is 72.8 Å². The van der Waals surface area contributed by atoms with Crippen molar-refractivity contribution in [1.82, 2.24) is 10.6 Å². The molecule has 0 aliphatic rings. The highest BCUT2D eigenvalue weighted by atomic mass is 16.5. The first-order valence-corrected chi connectivity index (χ1v) is 10.6. The Morgan fingerprint density at radius 2 is 1.61 bits per heavy atom. The molecule has 33 heavy (non-hydrogen) atoms. The Hall–Kier alpha value is -3.91. The van der Waals surface area contributed by atoms with E-state index in [9.17, 15) is 19.5 Å². The highest BCUT2D eigenvalue weighted by molar-refractivity contribution is 5.87. The van der Waals surface area contributed by atoms with E-state index in [1.54, 1.807) is 0 Å². The number of ether oxygens (including phenoxy) is 1. The molecule has 0 radical (unpaired) electrons. The number of nitrogens with one attached hydrogen (secondary N) is 2. The summed E-state index contributed by atoms with van der Waals surface area (Å²) in [6, 6.07) is 21.8. The van der Waals surface area contributed by atoms with E-state index in [0.717, 1.165) is 21.9 Å². The van der Waals surface area contributed by atoms with Gasteiger partial charge in [0.15, 0.2) is 0 Å². The molecule has 0 aliphatic carbocycles. The Morgan fingerprint density at radius 1 is 0.909 bits per heavy atom. The fourth-order valence-electron chi connectivity index (χ4n) is 3.34. The number of carbonyl (C=O) groups is 3. The molecule has 0 aliphatic heterocycles. The number of primary amides is 1. The van der Waals surface area contributed by atoms with E-state index in [-0.39, 0.29) is 26.0 Å². The standard InChI is InChI=1S/C25H27N3O5/c26-24(31)22(13-18-10-11-19-8-4-5-9-20(19)12-18)28-23(30)14-21(29)15-27-25(32)33-16-17-6-2-1-3-7-17/h1-12,21-22,29H,13-16H2,(H2,26,31)(H,27,32)(H,28,30)/t21-,22+/m0/s1. The number of amides is 3. The van der Waals surface area contributed by atoms with Crippen LogP contribution >= 0.6 is 0 Å². The number of aliphatic hydroxyl groups excluding tert-OH is 1. The van der Waals surface area contributed by atoms with Crippen LogP contribution in [0.25, 0.3) is 10.8 Å². The highest BCUT2D eigenvalue weighted by Gasteiger charge is 2.21. The first-order chi connectivity index (χ1) is 15.9. The van der Waals surface area contributed by atoms with E-state index in [1.807, 2.05) is 72.8 Å². The summed E-state index contributed by atoms with van der Waals surface area (Å²) in [5.41, 5.74) is 7.14. The molecule has 172 valence electrons.